The van der Waals surface area contributed by atoms with E-state index >= 15 is 0 Å². The average Bonchev–Trinajstić information content (AvgIpc) is 3.09. The zero-order valence-corrected chi connectivity index (χ0v) is 31.6. The van der Waals surface area contributed by atoms with E-state index < -0.39 is 75.7 Å². The molecule has 1 aliphatic carbocycles. The van der Waals surface area contributed by atoms with Crippen molar-refractivity contribution in [1.82, 2.24) is 0 Å². The number of carbonyl (C=O) groups excluding carboxylic acids is 2. The Morgan fingerprint density at radius 3 is 1.34 bits per heavy atom. The van der Waals surface area contributed by atoms with Crippen molar-refractivity contribution in [3.63, 3.8) is 0 Å². The van der Waals surface area contributed by atoms with Gasteiger partial charge in [0.15, 0.2) is 6.10 Å². The minimum absolute atomic E-state index is 0.103. The highest BCUT2D eigenvalue weighted by Crippen LogP contribution is 2.47. The smallest absolute Gasteiger partial charge is 0.462 e. The molecule has 14 heteroatoms. The van der Waals surface area contributed by atoms with E-state index in [-0.39, 0.29) is 12.8 Å². The molecule has 0 aliphatic heterocycles. The largest absolute Gasteiger partial charge is 0.472 e. The van der Waals surface area contributed by atoms with E-state index in [1.54, 1.807) is 0 Å². The molecule has 50 heavy (non-hydrogen) atoms. The molecule has 6 unspecified atom stereocenters. The third-order valence-corrected chi connectivity index (χ3v) is 10.2. The fourth-order valence-electron chi connectivity index (χ4n) is 5.99. The monoisotopic (exact) mass is 740 g/mol. The summed E-state index contributed by atoms with van der Waals surface area (Å²) in [6.45, 7) is 3.13. The first-order valence-corrected chi connectivity index (χ1v) is 20.8. The minimum Gasteiger partial charge on any atom is -0.462 e. The molecule has 1 aliphatic rings. The number of hydrogen-bond donors (Lipinski definition) is 6. The molecule has 0 spiro atoms. The van der Waals surface area contributed by atoms with Crippen LogP contribution >= 0.6 is 7.82 Å². The predicted molar refractivity (Wildman–Crippen MR) is 189 cm³/mol. The molecule has 1 saturated carbocycles. The van der Waals surface area contributed by atoms with Crippen LogP contribution in [0.25, 0.3) is 0 Å². The van der Waals surface area contributed by atoms with Gasteiger partial charge in [-0.05, 0) is 12.8 Å². The molecule has 0 aromatic carbocycles. The maximum atomic E-state index is 12.7. The van der Waals surface area contributed by atoms with Crippen LogP contribution in [-0.2, 0) is 32.7 Å². The first-order chi connectivity index (χ1) is 23.9. The number of aliphatic hydroxyl groups is 5. The van der Waals surface area contributed by atoms with Crippen LogP contribution in [0, 0.1) is 0 Å². The number of phosphoric acid groups is 1. The second-order valence-electron chi connectivity index (χ2n) is 13.8. The van der Waals surface area contributed by atoms with Crippen molar-refractivity contribution >= 4 is 19.8 Å². The highest BCUT2D eigenvalue weighted by molar-refractivity contribution is 7.47. The fourth-order valence-corrected chi connectivity index (χ4v) is 6.96. The van der Waals surface area contributed by atoms with Gasteiger partial charge in [0.25, 0.3) is 0 Å². The Balaban J connectivity index is 2.41. The number of carbonyl (C=O) groups is 2. The minimum atomic E-state index is -5.09. The van der Waals surface area contributed by atoms with E-state index in [9.17, 15) is 44.6 Å². The summed E-state index contributed by atoms with van der Waals surface area (Å²) in [7, 11) is -5.09. The summed E-state index contributed by atoms with van der Waals surface area (Å²) in [6.07, 6.45) is 11.2. The summed E-state index contributed by atoms with van der Waals surface area (Å²) >= 11 is 0. The number of unbranched alkanes of at least 4 members (excludes halogenated alkanes) is 19. The number of rotatable bonds is 31. The van der Waals surface area contributed by atoms with Crippen LogP contribution in [0.1, 0.15) is 162 Å². The molecule has 0 amide bonds. The second kappa shape index (κ2) is 28.4. The quantitative estimate of drug-likeness (QED) is 0.0284. The molecule has 13 nitrogen and oxygen atoms in total. The summed E-state index contributed by atoms with van der Waals surface area (Å²) in [6, 6.07) is 0. The lowest BCUT2D eigenvalue weighted by atomic mass is 9.85. The molecule has 296 valence electrons. The fraction of sp³-hybridized carbons (Fsp3) is 0.944. The molecular formula is C36H69O13P. The van der Waals surface area contributed by atoms with Gasteiger partial charge in [-0.2, -0.15) is 0 Å². The summed E-state index contributed by atoms with van der Waals surface area (Å²) in [5.41, 5.74) is 0. The molecule has 6 atom stereocenters. The van der Waals surface area contributed by atoms with Gasteiger partial charge in [-0.15, -0.1) is 0 Å². The summed E-state index contributed by atoms with van der Waals surface area (Å²) in [4.78, 5) is 35.1. The Morgan fingerprint density at radius 2 is 0.900 bits per heavy atom. The van der Waals surface area contributed by atoms with Crippen LogP contribution < -0.4 is 0 Å². The summed E-state index contributed by atoms with van der Waals surface area (Å²) in [5, 5.41) is 49.7. The van der Waals surface area contributed by atoms with Gasteiger partial charge >= 0.3 is 19.8 Å². The predicted octanol–water partition coefficient (Wildman–Crippen LogP) is 5.77. The van der Waals surface area contributed by atoms with Crippen molar-refractivity contribution in [1.29, 1.82) is 0 Å². The molecule has 0 aromatic heterocycles. The lowest BCUT2D eigenvalue weighted by Gasteiger charge is -2.41. The zero-order chi connectivity index (χ0) is 37.2. The van der Waals surface area contributed by atoms with Gasteiger partial charge in [-0.25, -0.2) is 4.57 Å². The molecule has 0 aromatic rings. The molecule has 0 saturated heterocycles. The highest BCUT2D eigenvalue weighted by atomic mass is 31.2. The van der Waals surface area contributed by atoms with E-state index in [2.05, 4.69) is 6.92 Å². The standard InChI is InChI=1S/C36H69O13P/c1-3-5-7-9-10-11-12-13-14-15-16-17-18-19-20-21-23-25-30(38)48-28(26-46-29(37)24-22-8-6-4-2)27-47-50(44,45)49-36-34(42)32(40)31(39)33(41)35(36)43/h28,31-36,39-43H,3-27H2,1-2H3,(H,44,45). The normalized spacial score (nSPS) is 24.1. The number of aliphatic hydroxyl groups excluding tert-OH is 5. The Labute approximate surface area is 300 Å². The van der Waals surface area contributed by atoms with Crippen molar-refractivity contribution in [2.24, 2.45) is 0 Å². The summed E-state index contributed by atoms with van der Waals surface area (Å²) in [5.74, 6) is -1.11. The van der Waals surface area contributed by atoms with Gasteiger partial charge in [0.05, 0.1) is 6.61 Å². The summed E-state index contributed by atoms with van der Waals surface area (Å²) < 4.78 is 33.1. The lowest BCUT2D eigenvalue weighted by Crippen LogP contribution is -2.64. The van der Waals surface area contributed by atoms with Crippen LogP contribution in [0.5, 0.6) is 0 Å². The molecule has 1 rings (SSSR count). The topological polar surface area (TPSA) is 210 Å². The van der Waals surface area contributed by atoms with E-state index in [1.165, 1.54) is 83.5 Å². The third kappa shape index (κ3) is 21.4. The molecule has 0 radical (unpaired) electrons. The van der Waals surface area contributed by atoms with Crippen molar-refractivity contribution in [2.45, 2.75) is 204 Å². The average molecular weight is 741 g/mol. The number of hydrogen-bond acceptors (Lipinski definition) is 12. The molecule has 0 bridgehead atoms. The molecule has 1 fully saturated rings. The maximum Gasteiger partial charge on any atom is 0.472 e. The molecular weight excluding hydrogens is 671 g/mol. The van der Waals surface area contributed by atoms with E-state index in [0.29, 0.717) is 12.8 Å². The van der Waals surface area contributed by atoms with Crippen LogP contribution in [0.2, 0.25) is 0 Å². The zero-order valence-electron chi connectivity index (χ0n) is 30.7. The van der Waals surface area contributed by atoms with Gasteiger partial charge in [0.2, 0.25) is 0 Å². The van der Waals surface area contributed by atoms with Gasteiger partial charge in [0, 0.05) is 12.8 Å². The van der Waals surface area contributed by atoms with Gasteiger partial charge in [-0.3, -0.25) is 18.6 Å². The van der Waals surface area contributed by atoms with Gasteiger partial charge in [-0.1, -0.05) is 136 Å². The first-order valence-electron chi connectivity index (χ1n) is 19.3. The van der Waals surface area contributed by atoms with Crippen LogP contribution in [0.3, 0.4) is 0 Å². The van der Waals surface area contributed by atoms with E-state index in [0.717, 1.165) is 38.5 Å². The Morgan fingerprint density at radius 1 is 0.540 bits per heavy atom. The van der Waals surface area contributed by atoms with Crippen molar-refractivity contribution < 1.29 is 63.1 Å². The molecule has 6 N–H and O–H groups in total. The Bertz CT molecular complexity index is 906. The Hall–Kier alpha value is -1.15. The van der Waals surface area contributed by atoms with Gasteiger partial charge in [0.1, 0.15) is 43.2 Å². The van der Waals surface area contributed by atoms with Crippen molar-refractivity contribution in [2.75, 3.05) is 13.2 Å². The second-order valence-corrected chi connectivity index (χ2v) is 15.2. The number of esters is 2. The van der Waals surface area contributed by atoms with Crippen LogP contribution in [0.4, 0.5) is 0 Å². The third-order valence-electron chi connectivity index (χ3n) is 9.20. The SMILES string of the molecule is CCCCCCCCCCCCCCCCCCCC(=O)OC(COC(=O)CCCCCC)COP(=O)(O)OC1C(O)C(O)C(O)C(O)C1O. The number of phosphoric ester groups is 1. The van der Waals surface area contributed by atoms with Gasteiger partial charge < -0.3 is 39.9 Å². The molecule has 0 heterocycles. The number of ether oxygens (including phenoxy) is 2. The lowest BCUT2D eigenvalue weighted by molar-refractivity contribution is -0.220. The van der Waals surface area contributed by atoms with Crippen LogP contribution in [-0.4, -0.2) is 98.3 Å². The van der Waals surface area contributed by atoms with E-state index in [1.807, 2.05) is 6.92 Å². The maximum absolute atomic E-state index is 12.7. The van der Waals surface area contributed by atoms with Crippen LogP contribution in [0.15, 0.2) is 0 Å². The first kappa shape index (κ1) is 46.9. The van der Waals surface area contributed by atoms with E-state index in [4.69, 9.17) is 18.5 Å². The Kier molecular flexibility index (Phi) is 26.6. The van der Waals surface area contributed by atoms with Crippen molar-refractivity contribution in [3.8, 4) is 0 Å². The van der Waals surface area contributed by atoms with Crippen molar-refractivity contribution in [3.05, 3.63) is 0 Å². The highest BCUT2D eigenvalue weighted by Gasteiger charge is 2.51.